The zero-order valence-electron chi connectivity index (χ0n) is 17.8. The third-order valence-electron chi connectivity index (χ3n) is 5.07. The molecule has 33 heavy (non-hydrogen) atoms. The molecular formula is C19H15B5ClN7O. The normalized spacial score (nSPS) is 16.7. The van der Waals surface area contributed by atoms with Crippen LogP contribution in [0.2, 0.25) is 5.02 Å². The van der Waals surface area contributed by atoms with Gasteiger partial charge in [0.2, 0.25) is 5.95 Å². The topological polar surface area (TPSA) is 79.2 Å². The van der Waals surface area contributed by atoms with Crippen molar-refractivity contribution in [1.29, 1.82) is 0 Å². The molecule has 1 fully saturated rings. The van der Waals surface area contributed by atoms with Gasteiger partial charge in [0.25, 0.3) is 0 Å². The van der Waals surface area contributed by atoms with E-state index in [1.807, 2.05) is 29.8 Å². The van der Waals surface area contributed by atoms with Crippen molar-refractivity contribution in [1.82, 2.24) is 24.4 Å². The smallest absolute Gasteiger partial charge is 0.323 e. The second kappa shape index (κ2) is 8.52. The van der Waals surface area contributed by atoms with Crippen LogP contribution in [0, 0.1) is 0 Å². The van der Waals surface area contributed by atoms with Gasteiger partial charge < -0.3 is 14.8 Å². The van der Waals surface area contributed by atoms with E-state index in [1.165, 1.54) is 17.2 Å². The van der Waals surface area contributed by atoms with Crippen molar-refractivity contribution in [3.05, 3.63) is 59.8 Å². The highest BCUT2D eigenvalue weighted by Gasteiger charge is 2.47. The van der Waals surface area contributed by atoms with Crippen LogP contribution in [-0.4, -0.2) is 86.8 Å². The largest absolute Gasteiger partial charge is 0.354 e. The number of carbonyl (C=O) groups is 1. The van der Waals surface area contributed by atoms with Gasteiger partial charge in [-0.05, 0) is 42.6 Å². The van der Waals surface area contributed by atoms with Crippen LogP contribution in [0.3, 0.4) is 0 Å². The number of carbonyl (C=O) groups excluding carboxylic acids is 1. The molecule has 1 unspecified atom stereocenters. The van der Waals surface area contributed by atoms with Crippen LogP contribution in [0.25, 0.3) is 5.69 Å². The number of hydrogen-bond acceptors (Lipinski definition) is 5. The monoisotopic (exact) mass is 447 g/mol. The maximum Gasteiger partial charge on any atom is 0.323 e. The molecule has 2 amide bonds. The number of benzene rings is 1. The van der Waals surface area contributed by atoms with Crippen molar-refractivity contribution in [2.24, 2.45) is 0 Å². The molecule has 14 heteroatoms. The Hall–Kier alpha value is -2.81. The molecule has 10 radical (unpaired) electrons. The quantitative estimate of drug-likeness (QED) is 0.568. The lowest BCUT2D eigenvalue weighted by Crippen LogP contribution is -2.62. The predicted molar refractivity (Wildman–Crippen MR) is 131 cm³/mol. The van der Waals surface area contributed by atoms with E-state index in [1.54, 1.807) is 18.5 Å². The SMILES string of the molecule is [B]C([B])([B])N1C(=O)N(c2ccnc(NC(C)c3cn(-c4ccc(Cl)cc4)cn3)n2)CC1([B])[B]. The Morgan fingerprint density at radius 1 is 1.15 bits per heavy atom. The fourth-order valence-electron chi connectivity index (χ4n) is 3.55. The van der Waals surface area contributed by atoms with E-state index < -0.39 is 16.6 Å². The molecule has 1 N–H and O–H groups in total. The summed E-state index contributed by atoms with van der Waals surface area (Å²) < 4.78 is 1.87. The zero-order chi connectivity index (χ0) is 24.0. The first-order valence-electron chi connectivity index (χ1n) is 9.91. The number of nitrogens with one attached hydrogen (secondary N) is 1. The lowest BCUT2D eigenvalue weighted by Gasteiger charge is -2.43. The van der Waals surface area contributed by atoms with Crippen LogP contribution in [-0.2, 0) is 0 Å². The van der Waals surface area contributed by atoms with Gasteiger partial charge in [0, 0.05) is 29.6 Å². The van der Waals surface area contributed by atoms with E-state index in [-0.39, 0.29) is 24.4 Å². The highest BCUT2D eigenvalue weighted by Crippen LogP contribution is 2.30. The first-order chi connectivity index (χ1) is 15.5. The van der Waals surface area contributed by atoms with E-state index in [9.17, 15) is 4.79 Å². The van der Waals surface area contributed by atoms with E-state index in [2.05, 4.69) is 20.3 Å². The summed E-state index contributed by atoms with van der Waals surface area (Å²) in [5.41, 5.74) is 1.67. The van der Waals surface area contributed by atoms with Crippen LogP contribution in [0.5, 0.6) is 0 Å². The predicted octanol–water partition coefficient (Wildman–Crippen LogP) is 0.838. The minimum absolute atomic E-state index is 0.128. The van der Waals surface area contributed by atoms with Crippen LogP contribution < -0.4 is 10.2 Å². The molecule has 1 aliphatic heterocycles. The Kier molecular flexibility index (Phi) is 6.03. The Morgan fingerprint density at radius 2 is 1.85 bits per heavy atom. The number of aromatic nitrogens is 4. The third kappa shape index (κ3) is 4.78. The van der Waals surface area contributed by atoms with Crippen LogP contribution in [0.4, 0.5) is 16.6 Å². The maximum atomic E-state index is 12.8. The van der Waals surface area contributed by atoms with Gasteiger partial charge in [-0.1, -0.05) is 16.8 Å². The van der Waals surface area contributed by atoms with Gasteiger partial charge in [0.15, 0.2) is 0 Å². The first kappa shape index (κ1) is 23.4. The van der Waals surface area contributed by atoms with E-state index in [4.69, 9.17) is 50.8 Å². The van der Waals surface area contributed by atoms with Crippen molar-refractivity contribution in [2.75, 3.05) is 16.8 Å². The minimum atomic E-state index is -2.04. The van der Waals surface area contributed by atoms with E-state index >= 15 is 0 Å². The number of anilines is 2. The number of nitrogens with zero attached hydrogens (tertiary/aromatic N) is 6. The summed E-state index contributed by atoms with van der Waals surface area (Å²) in [5.74, 6) is 0.523. The highest BCUT2D eigenvalue weighted by molar-refractivity contribution is 6.61. The molecule has 4 rings (SSSR count). The molecule has 1 aromatic carbocycles. The molecule has 3 heterocycles. The lowest BCUT2D eigenvalue weighted by atomic mass is 9.45. The molecule has 1 saturated heterocycles. The Labute approximate surface area is 203 Å². The first-order valence-corrected chi connectivity index (χ1v) is 10.3. The Morgan fingerprint density at radius 3 is 2.48 bits per heavy atom. The number of rotatable bonds is 6. The summed E-state index contributed by atoms with van der Waals surface area (Å²) in [7, 11) is 29.0. The number of hydrogen-bond donors (Lipinski definition) is 1. The molecule has 1 atom stereocenters. The molecule has 8 nitrogen and oxygen atoms in total. The van der Waals surface area contributed by atoms with E-state index in [0.29, 0.717) is 5.02 Å². The standard InChI is InChI=1S/C19H15B5ClN7O/c1-11(14-8-30(10-27-14)13-4-2-12(25)3-5-13)28-16-26-7-6-15(29-16)31-9-18(20,21)32(17(31)33)19(22,23)24/h2-8,10-11H,9H2,1H3,(H,26,28,29). The lowest BCUT2D eigenvalue weighted by molar-refractivity contribution is 0.211. The number of halogens is 1. The maximum absolute atomic E-state index is 12.8. The number of amides is 2. The Balaban J connectivity index is 1.51. The number of urea groups is 1. The third-order valence-corrected chi connectivity index (χ3v) is 5.32. The van der Waals surface area contributed by atoms with Gasteiger partial charge in [-0.2, -0.15) is 4.98 Å². The molecule has 0 saturated carbocycles. The minimum Gasteiger partial charge on any atom is -0.354 e. The van der Waals surface area contributed by atoms with Crippen LogP contribution in [0.15, 0.2) is 49.1 Å². The highest BCUT2D eigenvalue weighted by atomic mass is 35.5. The summed E-state index contributed by atoms with van der Waals surface area (Å²) in [4.78, 5) is 27.9. The van der Waals surface area contributed by atoms with Crippen molar-refractivity contribution >= 4 is 68.6 Å². The van der Waals surface area contributed by atoms with Gasteiger partial charge in [-0.3, -0.25) is 4.90 Å². The summed E-state index contributed by atoms with van der Waals surface area (Å²) in [6, 6.07) is 8.01. The van der Waals surface area contributed by atoms with Gasteiger partial charge in [0.05, 0.1) is 57.3 Å². The average Bonchev–Trinajstić information content (AvgIpc) is 3.31. The average molecular weight is 447 g/mol. The molecule has 0 aliphatic carbocycles. The Bertz CT molecular complexity index is 1170. The summed E-state index contributed by atoms with van der Waals surface area (Å²) in [6.07, 6.45) is 5.08. The summed E-state index contributed by atoms with van der Waals surface area (Å²) in [6.45, 7) is 1.78. The second-order valence-electron chi connectivity index (χ2n) is 7.87. The van der Waals surface area contributed by atoms with Crippen LogP contribution >= 0.6 is 11.6 Å². The van der Waals surface area contributed by atoms with Crippen molar-refractivity contribution in [2.45, 2.75) is 23.5 Å². The molecule has 3 aromatic rings. The van der Waals surface area contributed by atoms with E-state index in [0.717, 1.165) is 16.3 Å². The molecule has 0 bridgehead atoms. The van der Waals surface area contributed by atoms with Gasteiger partial charge >= 0.3 is 6.03 Å². The van der Waals surface area contributed by atoms with Crippen molar-refractivity contribution in [3.63, 3.8) is 0 Å². The summed E-state index contributed by atoms with van der Waals surface area (Å²) >= 11 is 5.95. The van der Waals surface area contributed by atoms with Gasteiger partial charge in [-0.15, -0.1) is 0 Å². The van der Waals surface area contributed by atoms with Crippen molar-refractivity contribution < 1.29 is 4.79 Å². The molecule has 2 aromatic heterocycles. The second-order valence-corrected chi connectivity index (χ2v) is 8.31. The van der Waals surface area contributed by atoms with Gasteiger partial charge in [0.1, 0.15) is 5.82 Å². The van der Waals surface area contributed by atoms with Gasteiger partial charge in [-0.25, -0.2) is 14.8 Å². The van der Waals surface area contributed by atoms with Crippen molar-refractivity contribution in [3.8, 4) is 5.69 Å². The fourth-order valence-corrected chi connectivity index (χ4v) is 3.67. The summed E-state index contributed by atoms with van der Waals surface area (Å²) in [5, 5.41) is 0.0949. The zero-order valence-corrected chi connectivity index (χ0v) is 18.5. The molecule has 0 spiro atoms. The van der Waals surface area contributed by atoms with Crippen LogP contribution in [0.1, 0.15) is 18.7 Å². The molecule has 1 aliphatic rings. The molecule has 154 valence electrons. The fraction of sp³-hybridized carbons (Fsp3) is 0.263. The molecular weight excluding hydrogens is 432 g/mol. The number of imidazole rings is 1.